The lowest BCUT2D eigenvalue weighted by molar-refractivity contribution is 0.254. The summed E-state index contributed by atoms with van der Waals surface area (Å²) in [5.41, 5.74) is 7.78. The molecule has 0 saturated carbocycles. The molecule has 0 saturated heterocycles. The van der Waals surface area contributed by atoms with Gasteiger partial charge in [0.2, 0.25) is 0 Å². The first-order valence-corrected chi connectivity index (χ1v) is 8.91. The highest BCUT2D eigenvalue weighted by Crippen LogP contribution is 2.28. The summed E-state index contributed by atoms with van der Waals surface area (Å²) in [7, 11) is 1.74. The minimum absolute atomic E-state index is 0.172. The number of rotatable bonds is 6. The van der Waals surface area contributed by atoms with Gasteiger partial charge in [-0.2, -0.15) is 0 Å². The Morgan fingerprint density at radius 3 is 2.30 bits per heavy atom. The summed E-state index contributed by atoms with van der Waals surface area (Å²) in [6.45, 7) is 5.78. The van der Waals surface area contributed by atoms with Gasteiger partial charge in [-0.3, -0.25) is 10.9 Å². The largest absolute Gasteiger partial charge is 0.373 e. The average Bonchev–Trinajstić information content (AvgIpc) is 2.57. The normalized spacial score (nSPS) is 10.5. The number of anilines is 3. The Kier molecular flexibility index (Phi) is 6.81. The predicted molar refractivity (Wildman–Crippen MR) is 110 cm³/mol. The summed E-state index contributed by atoms with van der Waals surface area (Å²) in [4.78, 5) is 20.3. The van der Waals surface area contributed by atoms with Crippen molar-refractivity contribution in [3.05, 3.63) is 39.6 Å². The third kappa shape index (κ3) is 5.45. The highest BCUT2D eigenvalue weighted by Gasteiger charge is 2.16. The smallest absolute Gasteiger partial charge is 0.337 e. The van der Waals surface area contributed by atoms with Crippen LogP contribution in [0, 0.1) is 5.41 Å². The van der Waals surface area contributed by atoms with Crippen molar-refractivity contribution in [3.63, 3.8) is 0 Å². The van der Waals surface area contributed by atoms with E-state index >= 15 is 0 Å². The summed E-state index contributed by atoms with van der Waals surface area (Å²) < 4.78 is 0. The van der Waals surface area contributed by atoms with E-state index in [2.05, 4.69) is 31.5 Å². The van der Waals surface area contributed by atoms with Gasteiger partial charge in [0.05, 0.1) is 0 Å². The van der Waals surface area contributed by atoms with Crippen molar-refractivity contribution >= 4 is 52.3 Å². The molecule has 0 spiro atoms. The summed E-state index contributed by atoms with van der Waals surface area (Å²) in [6.07, 6.45) is 0. The van der Waals surface area contributed by atoms with Gasteiger partial charge >= 0.3 is 6.03 Å². The highest BCUT2D eigenvalue weighted by atomic mass is 35.5. The van der Waals surface area contributed by atoms with Gasteiger partial charge in [0.25, 0.3) is 0 Å². The molecule has 144 valence electrons. The van der Waals surface area contributed by atoms with E-state index in [1.807, 2.05) is 13.8 Å². The Bertz CT molecular complexity index is 850. The van der Waals surface area contributed by atoms with Gasteiger partial charge in [0.1, 0.15) is 21.9 Å². The van der Waals surface area contributed by atoms with E-state index in [4.69, 9.17) is 28.6 Å². The number of halogens is 2. The lowest BCUT2D eigenvalue weighted by Gasteiger charge is -2.18. The molecule has 2 aromatic rings. The molecule has 8 nitrogen and oxygen atoms in total. The van der Waals surface area contributed by atoms with Crippen molar-refractivity contribution < 1.29 is 4.79 Å². The van der Waals surface area contributed by atoms with Crippen LogP contribution in [0.5, 0.6) is 0 Å². The second-order valence-electron chi connectivity index (χ2n) is 6.06. The maximum Gasteiger partial charge on any atom is 0.337 e. The summed E-state index contributed by atoms with van der Waals surface area (Å²) >= 11 is 11.6. The maximum atomic E-state index is 12.1. The van der Waals surface area contributed by atoms with Crippen LogP contribution in [-0.4, -0.2) is 28.8 Å². The molecule has 2 amide bonds. The SMILES string of the molecule is CNc1nc(NNC(=O)Nc2cc(Cl)nc(Cl)c2)cc(C(C)C)c1C(C)=N. The fourth-order valence-corrected chi connectivity index (χ4v) is 2.94. The first-order chi connectivity index (χ1) is 12.7. The molecule has 2 heterocycles. The van der Waals surface area contributed by atoms with Gasteiger partial charge in [0, 0.05) is 24.0 Å². The third-order valence-corrected chi connectivity index (χ3v) is 4.00. The molecule has 27 heavy (non-hydrogen) atoms. The quantitative estimate of drug-likeness (QED) is 0.274. The van der Waals surface area contributed by atoms with Crippen molar-refractivity contribution in [2.45, 2.75) is 26.7 Å². The molecule has 10 heteroatoms. The lowest BCUT2D eigenvalue weighted by atomic mass is 9.95. The number of amides is 2. The molecule has 2 aromatic heterocycles. The van der Waals surface area contributed by atoms with Gasteiger partial charge < -0.3 is 16.0 Å². The van der Waals surface area contributed by atoms with E-state index in [1.165, 1.54) is 12.1 Å². The lowest BCUT2D eigenvalue weighted by Crippen LogP contribution is -2.34. The van der Waals surface area contributed by atoms with Crippen LogP contribution in [0.1, 0.15) is 37.8 Å². The van der Waals surface area contributed by atoms with Crippen LogP contribution < -0.4 is 21.5 Å². The number of hydrazine groups is 1. The molecule has 0 radical (unpaired) electrons. The number of carbonyl (C=O) groups excluding carboxylic acids is 1. The molecule has 0 aromatic carbocycles. The third-order valence-electron chi connectivity index (χ3n) is 3.61. The van der Waals surface area contributed by atoms with Crippen molar-refractivity contribution in [1.82, 2.24) is 15.4 Å². The Morgan fingerprint density at radius 1 is 1.15 bits per heavy atom. The molecular weight excluding hydrogens is 389 g/mol. The van der Waals surface area contributed by atoms with Gasteiger partial charge in [-0.1, -0.05) is 37.0 Å². The Labute approximate surface area is 167 Å². The van der Waals surface area contributed by atoms with E-state index in [0.29, 0.717) is 23.0 Å². The summed E-state index contributed by atoms with van der Waals surface area (Å²) in [5.74, 6) is 1.17. The first-order valence-electron chi connectivity index (χ1n) is 8.15. The van der Waals surface area contributed by atoms with Crippen molar-refractivity contribution in [2.24, 2.45) is 0 Å². The minimum Gasteiger partial charge on any atom is -0.373 e. The highest BCUT2D eigenvalue weighted by molar-refractivity contribution is 6.33. The molecular formula is C17H21Cl2N7O. The number of nitrogens with zero attached hydrogens (tertiary/aromatic N) is 2. The van der Waals surface area contributed by atoms with E-state index in [9.17, 15) is 4.79 Å². The maximum absolute atomic E-state index is 12.1. The zero-order valence-corrected chi connectivity index (χ0v) is 16.9. The Balaban J connectivity index is 2.16. The molecule has 0 aliphatic heterocycles. The number of hydrogen-bond donors (Lipinski definition) is 5. The number of urea groups is 1. The molecule has 0 atom stereocenters. The van der Waals surface area contributed by atoms with Crippen molar-refractivity contribution in [3.8, 4) is 0 Å². The summed E-state index contributed by atoms with van der Waals surface area (Å²) in [5, 5.41) is 13.9. The van der Waals surface area contributed by atoms with Crippen LogP contribution in [0.3, 0.4) is 0 Å². The number of carbonyl (C=O) groups is 1. The molecule has 0 unspecified atom stereocenters. The van der Waals surface area contributed by atoms with Crippen molar-refractivity contribution in [1.29, 1.82) is 5.41 Å². The topological polar surface area (TPSA) is 115 Å². The monoisotopic (exact) mass is 409 g/mol. The average molecular weight is 410 g/mol. The van der Waals surface area contributed by atoms with Gasteiger partial charge in [-0.15, -0.1) is 0 Å². The molecule has 0 fully saturated rings. The number of nitrogens with one attached hydrogen (secondary N) is 5. The first kappa shape index (κ1) is 20.7. The summed E-state index contributed by atoms with van der Waals surface area (Å²) in [6, 6.07) is 4.23. The van der Waals surface area contributed by atoms with Gasteiger partial charge in [-0.25, -0.2) is 14.8 Å². The predicted octanol–water partition coefficient (Wildman–Crippen LogP) is 4.48. The number of hydrogen-bond acceptors (Lipinski definition) is 6. The number of aromatic nitrogens is 2. The Morgan fingerprint density at radius 2 is 1.78 bits per heavy atom. The fourth-order valence-electron chi connectivity index (χ4n) is 2.48. The van der Waals surface area contributed by atoms with E-state index in [0.717, 1.165) is 11.1 Å². The van der Waals surface area contributed by atoms with Crippen LogP contribution in [-0.2, 0) is 0 Å². The van der Waals surface area contributed by atoms with Crippen LogP contribution in [0.15, 0.2) is 18.2 Å². The van der Waals surface area contributed by atoms with E-state index in [1.54, 1.807) is 20.0 Å². The molecule has 0 bridgehead atoms. The molecule has 0 aliphatic carbocycles. The second kappa shape index (κ2) is 8.88. The van der Waals surface area contributed by atoms with E-state index < -0.39 is 6.03 Å². The Hall–Kier alpha value is -2.58. The van der Waals surface area contributed by atoms with E-state index in [-0.39, 0.29) is 16.2 Å². The van der Waals surface area contributed by atoms with Crippen LogP contribution in [0.4, 0.5) is 22.1 Å². The molecule has 5 N–H and O–H groups in total. The van der Waals surface area contributed by atoms with Gasteiger partial charge in [0.15, 0.2) is 0 Å². The zero-order valence-electron chi connectivity index (χ0n) is 15.4. The van der Waals surface area contributed by atoms with Crippen LogP contribution >= 0.6 is 23.2 Å². The minimum atomic E-state index is -0.528. The zero-order chi connectivity index (χ0) is 20.1. The molecule has 2 rings (SSSR count). The molecule has 0 aliphatic rings. The second-order valence-corrected chi connectivity index (χ2v) is 6.83. The standard InChI is InChI=1S/C17H21Cl2N7O/c1-8(2)11-7-14(24-16(21-4)15(11)9(3)20)25-26-17(27)22-10-5-12(18)23-13(19)6-10/h5-8,20H,1-4H3,(H2,21,24,25)(H2,22,23,26,27). The van der Waals surface area contributed by atoms with Crippen LogP contribution in [0.25, 0.3) is 0 Å². The van der Waals surface area contributed by atoms with Crippen LogP contribution in [0.2, 0.25) is 10.3 Å². The fraction of sp³-hybridized carbons (Fsp3) is 0.294. The number of pyridine rings is 2. The van der Waals surface area contributed by atoms with Crippen molar-refractivity contribution in [2.75, 3.05) is 23.1 Å². The van der Waals surface area contributed by atoms with Gasteiger partial charge in [-0.05, 0) is 36.6 Å².